The van der Waals surface area contributed by atoms with Gasteiger partial charge >= 0.3 is 0 Å². The van der Waals surface area contributed by atoms with E-state index in [0.717, 1.165) is 11.1 Å². The topological polar surface area (TPSA) is 61.7 Å². The van der Waals surface area contributed by atoms with Crippen LogP contribution in [-0.4, -0.2) is 17.4 Å². The lowest BCUT2D eigenvalue weighted by Gasteiger charge is -2.13. The number of phenols is 1. The Kier molecular flexibility index (Phi) is 3.33. The number of aromatic hydroxyl groups is 1. The molecule has 78 valence electrons. The van der Waals surface area contributed by atoms with Crippen LogP contribution < -0.4 is 10.2 Å². The van der Waals surface area contributed by atoms with Crippen molar-refractivity contribution in [3.8, 4) is 11.5 Å². The van der Waals surface area contributed by atoms with Crippen molar-refractivity contribution in [1.29, 1.82) is 0 Å². The van der Waals surface area contributed by atoms with Crippen molar-refractivity contribution in [2.75, 3.05) is 7.11 Å². The molecule has 0 aromatic heterocycles. The number of hydroxylamine groups is 1. The molecule has 1 rings (SSSR count). The molecule has 0 radical (unpaired) electrons. The van der Waals surface area contributed by atoms with Gasteiger partial charge < -0.3 is 15.1 Å². The van der Waals surface area contributed by atoms with Crippen molar-refractivity contribution in [2.45, 2.75) is 20.4 Å². The van der Waals surface area contributed by atoms with Gasteiger partial charge in [-0.1, -0.05) is 6.07 Å². The Morgan fingerprint density at radius 2 is 2.00 bits per heavy atom. The largest absolute Gasteiger partial charge is 0.504 e. The van der Waals surface area contributed by atoms with Crippen LogP contribution >= 0.6 is 0 Å². The molecule has 4 nitrogen and oxygen atoms in total. The SMILES string of the molecule is COc1c(C)cc(C)c(CNO)c1O. The fourth-order valence-corrected chi connectivity index (χ4v) is 1.55. The molecule has 0 saturated heterocycles. The van der Waals surface area contributed by atoms with Crippen LogP contribution in [-0.2, 0) is 6.54 Å². The van der Waals surface area contributed by atoms with Gasteiger partial charge in [-0.2, -0.15) is 0 Å². The normalized spacial score (nSPS) is 10.3. The van der Waals surface area contributed by atoms with Gasteiger partial charge in [0.1, 0.15) is 0 Å². The standard InChI is InChI=1S/C10H15NO3/c1-6-4-7(2)10(14-3)9(12)8(6)5-11-13/h4,11-13H,5H2,1-3H3. The van der Waals surface area contributed by atoms with Gasteiger partial charge in [0.05, 0.1) is 7.11 Å². The van der Waals surface area contributed by atoms with Gasteiger partial charge in [0.25, 0.3) is 0 Å². The van der Waals surface area contributed by atoms with Crippen LogP contribution in [0, 0.1) is 13.8 Å². The zero-order valence-corrected chi connectivity index (χ0v) is 8.59. The van der Waals surface area contributed by atoms with E-state index in [1.165, 1.54) is 7.11 Å². The molecule has 0 spiro atoms. The molecule has 3 N–H and O–H groups in total. The minimum Gasteiger partial charge on any atom is -0.504 e. The molecule has 1 aromatic rings. The molecule has 14 heavy (non-hydrogen) atoms. The lowest BCUT2D eigenvalue weighted by Crippen LogP contribution is -2.08. The number of hydrogen-bond donors (Lipinski definition) is 3. The highest BCUT2D eigenvalue weighted by Crippen LogP contribution is 2.35. The monoisotopic (exact) mass is 197 g/mol. The smallest absolute Gasteiger partial charge is 0.163 e. The minimum absolute atomic E-state index is 0.0894. The first-order valence-corrected chi connectivity index (χ1v) is 4.34. The third-order valence-electron chi connectivity index (χ3n) is 2.23. The molecule has 1 aromatic carbocycles. The maximum absolute atomic E-state index is 9.81. The van der Waals surface area contributed by atoms with Gasteiger partial charge in [-0.25, -0.2) is 5.48 Å². The number of ether oxygens (including phenoxy) is 1. The number of benzene rings is 1. The van der Waals surface area contributed by atoms with E-state index in [1.54, 1.807) is 0 Å². The molecule has 0 amide bonds. The van der Waals surface area contributed by atoms with Crippen LogP contribution in [0.1, 0.15) is 16.7 Å². The molecule has 0 aliphatic heterocycles. The van der Waals surface area contributed by atoms with Gasteiger partial charge in [0, 0.05) is 12.1 Å². The zero-order valence-electron chi connectivity index (χ0n) is 8.59. The van der Waals surface area contributed by atoms with Gasteiger partial charge in [0.15, 0.2) is 11.5 Å². The van der Waals surface area contributed by atoms with Crippen molar-refractivity contribution < 1.29 is 15.1 Å². The van der Waals surface area contributed by atoms with E-state index in [-0.39, 0.29) is 12.3 Å². The van der Waals surface area contributed by atoms with Crippen molar-refractivity contribution in [1.82, 2.24) is 5.48 Å². The van der Waals surface area contributed by atoms with Crippen LogP contribution in [0.25, 0.3) is 0 Å². The van der Waals surface area contributed by atoms with E-state index < -0.39 is 0 Å². The Morgan fingerprint density at radius 1 is 1.36 bits per heavy atom. The number of phenolic OH excluding ortho intramolecular Hbond substituents is 1. The summed E-state index contributed by atoms with van der Waals surface area (Å²) in [5.74, 6) is 0.549. The Hall–Kier alpha value is -1.26. The second-order valence-corrected chi connectivity index (χ2v) is 3.21. The summed E-state index contributed by atoms with van der Waals surface area (Å²) in [6.45, 7) is 3.94. The average Bonchev–Trinajstić information content (AvgIpc) is 2.12. The van der Waals surface area contributed by atoms with Gasteiger partial charge in [-0.05, 0) is 25.0 Å². The second kappa shape index (κ2) is 4.30. The van der Waals surface area contributed by atoms with Gasteiger partial charge in [-0.3, -0.25) is 0 Å². The van der Waals surface area contributed by atoms with Crippen LogP contribution in [0.3, 0.4) is 0 Å². The molecule has 0 heterocycles. The first-order chi connectivity index (χ1) is 6.61. The summed E-state index contributed by atoms with van der Waals surface area (Å²) in [6.07, 6.45) is 0. The Labute approximate surface area is 83.1 Å². The molecule has 0 atom stereocenters. The van der Waals surface area contributed by atoms with Crippen molar-refractivity contribution in [3.05, 3.63) is 22.8 Å². The summed E-state index contributed by atoms with van der Waals surface area (Å²) in [5.41, 5.74) is 4.47. The fraction of sp³-hybridized carbons (Fsp3) is 0.400. The van der Waals surface area contributed by atoms with Crippen molar-refractivity contribution >= 4 is 0 Å². The summed E-state index contributed by atoms with van der Waals surface area (Å²) < 4.78 is 5.06. The maximum atomic E-state index is 9.81. The molecule has 0 aliphatic rings. The Bertz CT molecular complexity index is 337. The van der Waals surface area contributed by atoms with E-state index in [2.05, 4.69) is 0 Å². The third kappa shape index (κ3) is 1.81. The van der Waals surface area contributed by atoms with E-state index in [4.69, 9.17) is 9.94 Å². The zero-order chi connectivity index (χ0) is 10.7. The molecule has 0 unspecified atom stereocenters. The van der Waals surface area contributed by atoms with Crippen LogP contribution in [0.2, 0.25) is 0 Å². The third-order valence-corrected chi connectivity index (χ3v) is 2.23. The maximum Gasteiger partial charge on any atom is 0.163 e. The number of aryl methyl sites for hydroxylation is 2. The van der Waals surface area contributed by atoms with E-state index in [0.29, 0.717) is 11.3 Å². The molecule has 0 aliphatic carbocycles. The number of hydrogen-bond acceptors (Lipinski definition) is 4. The summed E-state index contributed by atoms with van der Waals surface area (Å²) in [5, 5.41) is 18.4. The molecular weight excluding hydrogens is 182 g/mol. The van der Waals surface area contributed by atoms with E-state index in [1.807, 2.05) is 25.4 Å². The minimum atomic E-state index is 0.0894. The fourth-order valence-electron chi connectivity index (χ4n) is 1.55. The summed E-state index contributed by atoms with van der Waals surface area (Å²) in [7, 11) is 1.51. The predicted octanol–water partition coefficient (Wildman–Crippen LogP) is 1.50. The van der Waals surface area contributed by atoms with Crippen molar-refractivity contribution in [2.24, 2.45) is 0 Å². The summed E-state index contributed by atoms with van der Waals surface area (Å²) in [6, 6.07) is 1.91. The molecule has 0 bridgehead atoms. The van der Waals surface area contributed by atoms with Gasteiger partial charge in [0.2, 0.25) is 0 Å². The lowest BCUT2D eigenvalue weighted by atomic mass is 10.0. The number of methoxy groups -OCH3 is 1. The van der Waals surface area contributed by atoms with Crippen LogP contribution in [0.5, 0.6) is 11.5 Å². The average molecular weight is 197 g/mol. The predicted molar refractivity (Wildman–Crippen MR) is 52.8 cm³/mol. The number of nitrogens with one attached hydrogen (secondary N) is 1. The highest BCUT2D eigenvalue weighted by molar-refractivity contribution is 5.53. The second-order valence-electron chi connectivity index (χ2n) is 3.21. The molecule has 4 heteroatoms. The van der Waals surface area contributed by atoms with Crippen LogP contribution in [0.4, 0.5) is 0 Å². The van der Waals surface area contributed by atoms with E-state index in [9.17, 15) is 5.11 Å². The highest BCUT2D eigenvalue weighted by atomic mass is 16.5. The van der Waals surface area contributed by atoms with Crippen LogP contribution in [0.15, 0.2) is 6.07 Å². The summed E-state index contributed by atoms with van der Waals surface area (Å²) in [4.78, 5) is 0. The van der Waals surface area contributed by atoms with Gasteiger partial charge in [-0.15, -0.1) is 0 Å². The first kappa shape index (κ1) is 10.8. The molecular formula is C10H15NO3. The number of rotatable bonds is 3. The highest BCUT2D eigenvalue weighted by Gasteiger charge is 2.13. The Balaban J connectivity index is 3.28. The van der Waals surface area contributed by atoms with E-state index >= 15 is 0 Å². The van der Waals surface area contributed by atoms with Crippen molar-refractivity contribution in [3.63, 3.8) is 0 Å². The molecule has 0 saturated carbocycles. The summed E-state index contributed by atoms with van der Waals surface area (Å²) >= 11 is 0. The first-order valence-electron chi connectivity index (χ1n) is 4.34. The quantitative estimate of drug-likeness (QED) is 0.642. The Morgan fingerprint density at radius 3 is 2.50 bits per heavy atom. The molecule has 0 fully saturated rings. The lowest BCUT2D eigenvalue weighted by molar-refractivity contribution is 0.159.